The van der Waals surface area contributed by atoms with Gasteiger partial charge in [0.2, 0.25) is 0 Å². The fourth-order valence-corrected chi connectivity index (χ4v) is 2.35. The Morgan fingerprint density at radius 3 is 2.52 bits per heavy atom. The van der Waals surface area contributed by atoms with Crippen LogP contribution >= 0.6 is 11.6 Å². The van der Waals surface area contributed by atoms with Crippen LogP contribution in [0.5, 0.6) is 0 Å². The SMILES string of the molecule is O=C(NCCc1nc(-c2ccc(Cl)cc2)n[nH]1)c1ccc(C(F)(F)F)nc1. The quantitative estimate of drug-likeness (QED) is 0.692. The number of aromatic amines is 1. The van der Waals surface area contributed by atoms with Crippen molar-refractivity contribution in [2.75, 3.05) is 6.54 Å². The van der Waals surface area contributed by atoms with Crippen LogP contribution in [-0.2, 0) is 12.6 Å². The summed E-state index contributed by atoms with van der Waals surface area (Å²) in [4.78, 5) is 19.5. The van der Waals surface area contributed by atoms with Gasteiger partial charge in [0.1, 0.15) is 11.5 Å². The van der Waals surface area contributed by atoms with Gasteiger partial charge in [0.25, 0.3) is 5.91 Å². The van der Waals surface area contributed by atoms with Crippen LogP contribution in [0.3, 0.4) is 0 Å². The molecule has 0 unspecified atom stereocenters. The van der Waals surface area contributed by atoms with Gasteiger partial charge in [-0.1, -0.05) is 11.6 Å². The third-order valence-electron chi connectivity index (χ3n) is 3.60. The molecule has 0 radical (unpaired) electrons. The molecule has 2 aromatic heterocycles. The maximum absolute atomic E-state index is 12.5. The summed E-state index contributed by atoms with van der Waals surface area (Å²) in [7, 11) is 0. The third-order valence-corrected chi connectivity index (χ3v) is 3.85. The van der Waals surface area contributed by atoms with Crippen molar-refractivity contribution in [2.24, 2.45) is 0 Å². The van der Waals surface area contributed by atoms with Crippen LogP contribution in [0.4, 0.5) is 13.2 Å². The number of nitrogens with zero attached hydrogens (tertiary/aromatic N) is 3. The maximum atomic E-state index is 12.5. The monoisotopic (exact) mass is 395 g/mol. The molecule has 0 saturated heterocycles. The van der Waals surface area contributed by atoms with Crippen molar-refractivity contribution in [3.63, 3.8) is 0 Å². The predicted molar refractivity (Wildman–Crippen MR) is 92.1 cm³/mol. The number of amides is 1. The Morgan fingerprint density at radius 2 is 1.89 bits per heavy atom. The van der Waals surface area contributed by atoms with E-state index in [9.17, 15) is 18.0 Å². The van der Waals surface area contributed by atoms with E-state index in [0.717, 1.165) is 23.9 Å². The average Bonchev–Trinajstić information content (AvgIpc) is 3.10. The molecule has 3 aromatic rings. The van der Waals surface area contributed by atoms with Crippen molar-refractivity contribution in [3.05, 3.63) is 64.7 Å². The first kappa shape index (κ1) is 18.8. The lowest BCUT2D eigenvalue weighted by atomic mass is 10.2. The predicted octanol–water partition coefficient (Wildman–Crippen LogP) is 3.51. The number of aromatic nitrogens is 4. The second-order valence-corrected chi connectivity index (χ2v) is 5.98. The zero-order valence-electron chi connectivity index (χ0n) is 13.7. The highest BCUT2D eigenvalue weighted by Gasteiger charge is 2.32. The highest BCUT2D eigenvalue weighted by molar-refractivity contribution is 6.30. The summed E-state index contributed by atoms with van der Waals surface area (Å²) in [6.45, 7) is 0.231. The molecule has 1 amide bonds. The van der Waals surface area contributed by atoms with Gasteiger partial charge in [-0.2, -0.15) is 18.3 Å². The summed E-state index contributed by atoms with van der Waals surface area (Å²) in [5, 5.41) is 10.1. The van der Waals surface area contributed by atoms with Gasteiger partial charge in [-0.05, 0) is 36.4 Å². The van der Waals surface area contributed by atoms with Crippen molar-refractivity contribution in [1.82, 2.24) is 25.5 Å². The van der Waals surface area contributed by atoms with Crippen LogP contribution < -0.4 is 5.32 Å². The minimum absolute atomic E-state index is 0.0439. The molecule has 0 aliphatic carbocycles. The van der Waals surface area contributed by atoms with Gasteiger partial charge in [0.15, 0.2) is 5.82 Å². The smallest absolute Gasteiger partial charge is 0.352 e. The molecule has 0 atom stereocenters. The summed E-state index contributed by atoms with van der Waals surface area (Å²) in [6, 6.07) is 8.88. The molecule has 140 valence electrons. The van der Waals surface area contributed by atoms with Crippen molar-refractivity contribution in [3.8, 4) is 11.4 Å². The molecule has 0 spiro atoms. The Balaban J connectivity index is 1.54. The summed E-state index contributed by atoms with van der Waals surface area (Å²) < 4.78 is 37.4. The lowest BCUT2D eigenvalue weighted by Gasteiger charge is -2.07. The molecule has 0 aliphatic heterocycles. The van der Waals surface area contributed by atoms with Gasteiger partial charge in [-0.25, -0.2) is 4.98 Å². The van der Waals surface area contributed by atoms with Gasteiger partial charge < -0.3 is 5.32 Å². The lowest BCUT2D eigenvalue weighted by Crippen LogP contribution is -2.26. The first-order valence-electron chi connectivity index (χ1n) is 7.81. The Kier molecular flexibility index (Phi) is 5.41. The zero-order chi connectivity index (χ0) is 19.4. The molecule has 0 fully saturated rings. The van der Waals surface area contributed by atoms with Crippen LogP contribution in [0.1, 0.15) is 21.9 Å². The van der Waals surface area contributed by atoms with E-state index in [1.54, 1.807) is 24.3 Å². The van der Waals surface area contributed by atoms with Crippen molar-refractivity contribution >= 4 is 17.5 Å². The highest BCUT2D eigenvalue weighted by atomic mass is 35.5. The van der Waals surface area contributed by atoms with Crippen LogP contribution in [0, 0.1) is 0 Å². The van der Waals surface area contributed by atoms with Gasteiger partial charge in [-0.3, -0.25) is 14.9 Å². The number of benzene rings is 1. The van der Waals surface area contributed by atoms with E-state index >= 15 is 0 Å². The number of rotatable bonds is 5. The number of carbonyl (C=O) groups excluding carboxylic acids is 1. The highest BCUT2D eigenvalue weighted by Crippen LogP contribution is 2.27. The van der Waals surface area contributed by atoms with E-state index in [1.165, 1.54) is 0 Å². The first-order chi connectivity index (χ1) is 12.8. The molecule has 1 aromatic carbocycles. The van der Waals surface area contributed by atoms with Crippen LogP contribution in [-0.4, -0.2) is 32.6 Å². The Bertz CT molecular complexity index is 923. The van der Waals surface area contributed by atoms with Crippen molar-refractivity contribution in [1.29, 1.82) is 0 Å². The zero-order valence-corrected chi connectivity index (χ0v) is 14.5. The second kappa shape index (κ2) is 7.75. The van der Waals surface area contributed by atoms with E-state index in [4.69, 9.17) is 11.6 Å². The maximum Gasteiger partial charge on any atom is 0.433 e. The van der Waals surface area contributed by atoms with E-state index < -0.39 is 17.8 Å². The Morgan fingerprint density at radius 1 is 1.15 bits per heavy atom. The van der Waals surface area contributed by atoms with Crippen LogP contribution in [0.25, 0.3) is 11.4 Å². The minimum Gasteiger partial charge on any atom is -0.352 e. The van der Waals surface area contributed by atoms with Gasteiger partial charge >= 0.3 is 6.18 Å². The fourth-order valence-electron chi connectivity index (χ4n) is 2.23. The average molecular weight is 396 g/mol. The third kappa shape index (κ3) is 4.82. The number of alkyl halides is 3. The normalized spacial score (nSPS) is 11.4. The van der Waals surface area contributed by atoms with E-state index in [-0.39, 0.29) is 12.1 Å². The molecule has 6 nitrogen and oxygen atoms in total. The number of hydrogen-bond donors (Lipinski definition) is 2. The van der Waals surface area contributed by atoms with E-state index in [2.05, 4.69) is 25.5 Å². The minimum atomic E-state index is -4.54. The number of pyridine rings is 1. The fraction of sp³-hybridized carbons (Fsp3) is 0.176. The lowest BCUT2D eigenvalue weighted by molar-refractivity contribution is -0.141. The number of H-pyrrole nitrogens is 1. The number of nitrogens with one attached hydrogen (secondary N) is 2. The molecular formula is C17H13ClF3N5O. The summed E-state index contributed by atoms with van der Waals surface area (Å²) >= 11 is 5.83. The molecule has 10 heteroatoms. The Hall–Kier alpha value is -2.94. The topological polar surface area (TPSA) is 83.6 Å². The molecule has 0 bridgehead atoms. The van der Waals surface area contributed by atoms with Gasteiger partial charge in [-0.15, -0.1) is 0 Å². The van der Waals surface area contributed by atoms with Gasteiger partial charge in [0, 0.05) is 29.7 Å². The van der Waals surface area contributed by atoms with Crippen LogP contribution in [0.2, 0.25) is 5.02 Å². The van der Waals surface area contributed by atoms with Crippen LogP contribution in [0.15, 0.2) is 42.6 Å². The number of hydrogen-bond acceptors (Lipinski definition) is 4. The summed E-state index contributed by atoms with van der Waals surface area (Å²) in [5.74, 6) is 0.541. The molecule has 3 rings (SSSR count). The van der Waals surface area contributed by atoms with Crippen molar-refractivity contribution < 1.29 is 18.0 Å². The largest absolute Gasteiger partial charge is 0.433 e. The summed E-state index contributed by atoms with van der Waals surface area (Å²) in [6.07, 6.45) is -3.27. The number of carbonyl (C=O) groups is 1. The Labute approximate surface area is 156 Å². The standard InChI is InChI=1S/C17H13ClF3N5O/c18-12-4-1-10(2-5-12)15-24-14(25-26-15)7-8-22-16(27)11-3-6-13(23-9-11)17(19,20)21/h1-6,9H,7-8H2,(H,22,27)(H,24,25,26). The number of halogens is 4. The molecular weight excluding hydrogens is 383 g/mol. The molecule has 2 heterocycles. The summed E-state index contributed by atoms with van der Waals surface area (Å²) in [5.41, 5.74) is -0.209. The molecule has 27 heavy (non-hydrogen) atoms. The van der Waals surface area contributed by atoms with Crippen molar-refractivity contribution in [2.45, 2.75) is 12.6 Å². The first-order valence-corrected chi connectivity index (χ1v) is 8.19. The second-order valence-electron chi connectivity index (χ2n) is 5.55. The van der Waals surface area contributed by atoms with E-state index in [1.807, 2.05) is 0 Å². The van der Waals surface area contributed by atoms with E-state index in [0.29, 0.717) is 23.1 Å². The molecule has 0 aliphatic rings. The van der Waals surface area contributed by atoms with Gasteiger partial charge in [0.05, 0.1) is 5.56 Å². The molecule has 0 saturated carbocycles. The molecule has 2 N–H and O–H groups in total.